The molecule has 2 nitrogen and oxygen atoms in total. The molecule has 0 aromatic rings. The Morgan fingerprint density at radius 1 is 0.722 bits per heavy atom. The first-order valence-corrected chi connectivity index (χ1v) is 9.32. The lowest BCUT2D eigenvalue weighted by molar-refractivity contribution is -0.120. The number of rotatable bonds is 2. The second kappa shape index (κ2) is 9.03. The third-order valence-electron chi connectivity index (χ3n) is 3.65. The number of hydrogen-bond donors (Lipinski definition) is 0. The first-order valence-electron chi connectivity index (χ1n) is 6.74. The second-order valence-electron chi connectivity index (χ2n) is 4.95. The summed E-state index contributed by atoms with van der Waals surface area (Å²) in [5.74, 6) is 0.917. The molecule has 2 saturated carbocycles. The van der Waals surface area contributed by atoms with Gasteiger partial charge >= 0.3 is 0 Å². The van der Waals surface area contributed by atoms with E-state index in [1.165, 1.54) is 0 Å². The van der Waals surface area contributed by atoms with E-state index in [4.69, 9.17) is 0 Å². The van der Waals surface area contributed by atoms with Gasteiger partial charge in [-0.3, -0.25) is 9.59 Å². The van der Waals surface area contributed by atoms with Crippen molar-refractivity contribution in [3.63, 3.8) is 0 Å². The summed E-state index contributed by atoms with van der Waals surface area (Å²) in [5.41, 5.74) is 0. The highest BCUT2D eigenvalue weighted by atomic mass is 32.2. The van der Waals surface area contributed by atoms with Gasteiger partial charge in [-0.2, -0.15) is 23.5 Å². The molecular weight excluding hydrogens is 264 g/mol. The first kappa shape index (κ1) is 16.1. The van der Waals surface area contributed by atoms with Gasteiger partial charge in [-0.25, -0.2) is 0 Å². The van der Waals surface area contributed by atoms with Crippen LogP contribution in [0.1, 0.15) is 51.4 Å². The Labute approximate surface area is 119 Å². The number of carbonyl (C=O) groups is 2. The van der Waals surface area contributed by atoms with Crippen LogP contribution in [0.2, 0.25) is 0 Å². The van der Waals surface area contributed by atoms with Crippen LogP contribution in [0.5, 0.6) is 0 Å². The second-order valence-corrected chi connectivity index (χ2v) is 7.22. The number of Topliss-reactive ketones (excluding diaryl/α,β-unsaturated/α-hetero) is 2. The highest BCUT2D eigenvalue weighted by molar-refractivity contribution is 7.99. The van der Waals surface area contributed by atoms with Gasteiger partial charge in [-0.05, 0) is 38.2 Å². The van der Waals surface area contributed by atoms with E-state index in [2.05, 4.69) is 12.5 Å². The minimum absolute atomic E-state index is 0.459. The molecule has 2 rings (SSSR count). The zero-order chi connectivity index (χ0) is 13.4. The van der Waals surface area contributed by atoms with Crippen molar-refractivity contribution in [2.24, 2.45) is 0 Å². The lowest BCUT2D eigenvalue weighted by Gasteiger charge is -2.17. The number of carbonyl (C=O) groups excluding carboxylic acids is 2. The average Bonchev–Trinajstić information content (AvgIpc) is 2.41. The van der Waals surface area contributed by atoms with Crippen LogP contribution in [0.25, 0.3) is 0 Å². The number of hydrogen-bond acceptors (Lipinski definition) is 4. The molecule has 0 radical (unpaired) electrons. The van der Waals surface area contributed by atoms with Crippen LogP contribution in [0.4, 0.5) is 0 Å². The van der Waals surface area contributed by atoms with Gasteiger partial charge in [0.1, 0.15) is 11.6 Å². The molecule has 0 aromatic heterocycles. The summed E-state index contributed by atoms with van der Waals surface area (Å²) in [7, 11) is 0. The van der Waals surface area contributed by atoms with Crippen molar-refractivity contribution < 1.29 is 9.59 Å². The Kier molecular flexibility index (Phi) is 8.07. The van der Waals surface area contributed by atoms with E-state index in [0.717, 1.165) is 61.9 Å². The molecule has 0 unspecified atom stereocenters. The van der Waals surface area contributed by atoms with E-state index in [-0.39, 0.29) is 0 Å². The topological polar surface area (TPSA) is 34.1 Å². The van der Waals surface area contributed by atoms with Gasteiger partial charge in [-0.15, -0.1) is 0 Å². The molecule has 0 atom stereocenters. The fourth-order valence-electron chi connectivity index (χ4n) is 2.30. The lowest BCUT2D eigenvalue weighted by Crippen LogP contribution is -2.14. The summed E-state index contributed by atoms with van der Waals surface area (Å²) in [6.45, 7) is 0. The van der Waals surface area contributed by atoms with Crippen molar-refractivity contribution in [2.45, 2.75) is 61.9 Å². The Bertz CT molecular complexity index is 231. The maximum atomic E-state index is 10.7. The molecule has 18 heavy (non-hydrogen) atoms. The molecule has 0 heterocycles. The molecule has 0 amide bonds. The zero-order valence-electron chi connectivity index (χ0n) is 11.4. The molecule has 2 fully saturated rings. The average molecular weight is 288 g/mol. The van der Waals surface area contributed by atoms with Crippen LogP contribution in [-0.4, -0.2) is 34.6 Å². The van der Waals surface area contributed by atoms with Gasteiger partial charge in [0.15, 0.2) is 0 Å². The molecule has 0 N–H and O–H groups in total. The third kappa shape index (κ3) is 6.28. The Balaban J connectivity index is 0.000000180. The summed E-state index contributed by atoms with van der Waals surface area (Å²) < 4.78 is 0. The number of thioether (sulfide) groups is 2. The van der Waals surface area contributed by atoms with Crippen molar-refractivity contribution >= 4 is 35.1 Å². The van der Waals surface area contributed by atoms with Crippen LogP contribution in [0, 0.1) is 0 Å². The highest BCUT2D eigenvalue weighted by Gasteiger charge is 2.17. The molecule has 4 heteroatoms. The molecule has 0 aliphatic heterocycles. The summed E-state index contributed by atoms with van der Waals surface area (Å²) in [5, 5.41) is 1.53. The van der Waals surface area contributed by atoms with E-state index < -0.39 is 0 Å². The summed E-state index contributed by atoms with van der Waals surface area (Å²) in [6.07, 6.45) is 12.0. The number of ketones is 2. The van der Waals surface area contributed by atoms with Crippen LogP contribution < -0.4 is 0 Å². The van der Waals surface area contributed by atoms with Gasteiger partial charge < -0.3 is 0 Å². The van der Waals surface area contributed by atoms with E-state index in [1.54, 1.807) is 0 Å². The largest absolute Gasteiger partial charge is 0.300 e. The minimum atomic E-state index is 0.459. The van der Waals surface area contributed by atoms with Gasteiger partial charge in [0.05, 0.1) is 0 Å². The van der Waals surface area contributed by atoms with Crippen LogP contribution in [0.15, 0.2) is 0 Å². The van der Waals surface area contributed by atoms with Gasteiger partial charge in [0.2, 0.25) is 0 Å². The molecule has 0 spiro atoms. The SMILES string of the molecule is CSC1CCC(=O)CC1.CSC1CCC(=O)CC1. The van der Waals surface area contributed by atoms with Gasteiger partial charge in [0.25, 0.3) is 0 Å². The standard InChI is InChI=1S/2C7H12OS/c2*1-9-7-4-2-6(8)3-5-7/h2*7H,2-5H2,1H3. The monoisotopic (exact) mass is 288 g/mol. The van der Waals surface area contributed by atoms with Crippen LogP contribution in [0.3, 0.4) is 0 Å². The van der Waals surface area contributed by atoms with Gasteiger partial charge in [-0.1, -0.05) is 0 Å². The molecule has 2 aliphatic carbocycles. The fraction of sp³-hybridized carbons (Fsp3) is 0.857. The Morgan fingerprint density at radius 2 is 1.00 bits per heavy atom. The van der Waals surface area contributed by atoms with E-state index in [1.807, 2.05) is 23.5 Å². The third-order valence-corrected chi connectivity index (χ3v) is 5.92. The summed E-state index contributed by atoms with van der Waals surface area (Å²) >= 11 is 3.79. The molecule has 0 bridgehead atoms. The molecule has 104 valence electrons. The van der Waals surface area contributed by atoms with Crippen LogP contribution in [-0.2, 0) is 9.59 Å². The maximum Gasteiger partial charge on any atom is 0.132 e. The zero-order valence-corrected chi connectivity index (χ0v) is 13.1. The van der Waals surface area contributed by atoms with E-state index in [9.17, 15) is 9.59 Å². The van der Waals surface area contributed by atoms with Crippen molar-refractivity contribution in [3.8, 4) is 0 Å². The Morgan fingerprint density at radius 3 is 1.22 bits per heavy atom. The van der Waals surface area contributed by atoms with Crippen molar-refractivity contribution in [3.05, 3.63) is 0 Å². The van der Waals surface area contributed by atoms with E-state index in [0.29, 0.717) is 11.6 Å². The highest BCUT2D eigenvalue weighted by Crippen LogP contribution is 2.24. The van der Waals surface area contributed by atoms with Crippen molar-refractivity contribution in [1.29, 1.82) is 0 Å². The molecule has 0 aromatic carbocycles. The minimum Gasteiger partial charge on any atom is -0.300 e. The predicted octanol–water partition coefficient (Wildman–Crippen LogP) is 3.72. The van der Waals surface area contributed by atoms with Gasteiger partial charge in [0, 0.05) is 36.2 Å². The van der Waals surface area contributed by atoms with Crippen molar-refractivity contribution in [2.75, 3.05) is 12.5 Å². The Hall–Kier alpha value is 0.0400. The maximum absolute atomic E-state index is 10.7. The molecule has 2 aliphatic rings. The quantitative estimate of drug-likeness (QED) is 0.775. The van der Waals surface area contributed by atoms with E-state index >= 15 is 0 Å². The predicted molar refractivity (Wildman–Crippen MR) is 81.6 cm³/mol. The fourth-order valence-corrected chi connectivity index (χ4v) is 3.71. The first-order chi connectivity index (χ1) is 8.65. The normalized spacial score (nSPS) is 22.6. The smallest absolute Gasteiger partial charge is 0.132 e. The summed E-state index contributed by atoms with van der Waals surface area (Å²) in [6, 6.07) is 0. The summed E-state index contributed by atoms with van der Waals surface area (Å²) in [4.78, 5) is 21.4. The van der Waals surface area contributed by atoms with Crippen molar-refractivity contribution in [1.82, 2.24) is 0 Å². The molecule has 0 saturated heterocycles. The lowest BCUT2D eigenvalue weighted by atomic mass is 9.99. The van der Waals surface area contributed by atoms with Crippen LogP contribution >= 0.6 is 23.5 Å². The molecular formula is C14H24O2S2.